The van der Waals surface area contributed by atoms with Crippen LogP contribution in [0, 0.1) is 5.41 Å². The van der Waals surface area contributed by atoms with E-state index in [0.717, 1.165) is 6.54 Å². The van der Waals surface area contributed by atoms with Crippen molar-refractivity contribution in [2.75, 3.05) is 13.6 Å². The van der Waals surface area contributed by atoms with Crippen LogP contribution in [0.25, 0.3) is 0 Å². The van der Waals surface area contributed by atoms with E-state index < -0.39 is 0 Å². The number of rotatable bonds is 4. The number of hydrogen-bond acceptors (Lipinski definition) is 2. The van der Waals surface area contributed by atoms with Gasteiger partial charge in [0.2, 0.25) is 0 Å². The van der Waals surface area contributed by atoms with Crippen molar-refractivity contribution in [3.8, 4) is 0 Å². The first-order chi connectivity index (χ1) is 5.27. The summed E-state index contributed by atoms with van der Waals surface area (Å²) in [7, 11) is 2.05. The van der Waals surface area contributed by atoms with Gasteiger partial charge in [0.1, 0.15) is 5.78 Å². The van der Waals surface area contributed by atoms with Crippen LogP contribution in [-0.2, 0) is 4.79 Å². The van der Waals surface area contributed by atoms with Crippen LogP contribution in [0.1, 0.15) is 34.6 Å². The Hall–Kier alpha value is -0.370. The first kappa shape index (κ1) is 11.6. The quantitative estimate of drug-likeness (QED) is 0.644. The lowest BCUT2D eigenvalue weighted by Crippen LogP contribution is -2.39. The van der Waals surface area contributed by atoms with Gasteiger partial charge in [-0.2, -0.15) is 0 Å². The van der Waals surface area contributed by atoms with Crippen LogP contribution in [0.3, 0.4) is 0 Å². The lowest BCUT2D eigenvalue weighted by molar-refractivity contribution is -0.125. The molecule has 2 heteroatoms. The minimum absolute atomic E-state index is 0.209. The molecule has 0 aromatic heterocycles. The van der Waals surface area contributed by atoms with Gasteiger partial charge in [0.05, 0.1) is 0 Å². The molecule has 0 aliphatic heterocycles. The molecular formula is C10H21NO. The Labute approximate surface area is 75.9 Å². The molecule has 0 amide bonds. The van der Waals surface area contributed by atoms with Crippen molar-refractivity contribution in [2.45, 2.75) is 40.7 Å². The standard InChI is InChI=1S/C10H21NO/c1-8(2)11(6)7-10(4,5)9(3)12/h8H,7H2,1-6H3. The molecule has 0 N–H and O–H groups in total. The molecule has 0 fully saturated rings. The summed E-state index contributed by atoms with van der Waals surface area (Å²) in [4.78, 5) is 13.4. The molecule has 2 nitrogen and oxygen atoms in total. The summed E-state index contributed by atoms with van der Waals surface area (Å²) in [6.45, 7) is 10.8. The smallest absolute Gasteiger partial charge is 0.136 e. The van der Waals surface area contributed by atoms with Crippen LogP contribution in [0.4, 0.5) is 0 Å². The summed E-state index contributed by atoms with van der Waals surface area (Å²) in [5, 5.41) is 0. The zero-order valence-electron chi connectivity index (χ0n) is 9.14. The fraction of sp³-hybridized carbons (Fsp3) is 0.900. The van der Waals surface area contributed by atoms with Crippen molar-refractivity contribution in [1.82, 2.24) is 4.90 Å². The predicted octanol–water partition coefficient (Wildman–Crippen LogP) is 1.94. The predicted molar refractivity (Wildman–Crippen MR) is 52.2 cm³/mol. The van der Waals surface area contributed by atoms with Crippen LogP contribution in [-0.4, -0.2) is 30.3 Å². The maximum absolute atomic E-state index is 11.2. The summed E-state index contributed by atoms with van der Waals surface area (Å²) in [5.74, 6) is 0.259. The van der Waals surface area contributed by atoms with E-state index in [1.807, 2.05) is 13.8 Å². The summed E-state index contributed by atoms with van der Waals surface area (Å²) in [6.07, 6.45) is 0. The van der Waals surface area contributed by atoms with Gasteiger partial charge in [0.25, 0.3) is 0 Å². The highest BCUT2D eigenvalue weighted by atomic mass is 16.1. The lowest BCUT2D eigenvalue weighted by atomic mass is 9.88. The zero-order chi connectivity index (χ0) is 9.94. The molecule has 0 radical (unpaired) electrons. The molecular weight excluding hydrogens is 150 g/mol. The molecule has 0 aliphatic rings. The van der Waals surface area contributed by atoms with Gasteiger partial charge < -0.3 is 4.90 Å². The van der Waals surface area contributed by atoms with E-state index in [2.05, 4.69) is 25.8 Å². The van der Waals surface area contributed by atoms with Crippen molar-refractivity contribution in [3.63, 3.8) is 0 Å². The Morgan fingerprint density at radius 3 is 2.08 bits per heavy atom. The van der Waals surface area contributed by atoms with E-state index in [1.165, 1.54) is 0 Å². The highest BCUT2D eigenvalue weighted by Gasteiger charge is 2.25. The second-order valence-electron chi connectivity index (χ2n) is 4.45. The van der Waals surface area contributed by atoms with E-state index in [4.69, 9.17) is 0 Å². The zero-order valence-corrected chi connectivity index (χ0v) is 9.14. The molecule has 0 bridgehead atoms. The van der Waals surface area contributed by atoms with Gasteiger partial charge in [0.15, 0.2) is 0 Å². The molecule has 12 heavy (non-hydrogen) atoms. The van der Waals surface area contributed by atoms with E-state index in [0.29, 0.717) is 6.04 Å². The Morgan fingerprint density at radius 1 is 1.42 bits per heavy atom. The summed E-state index contributed by atoms with van der Waals surface area (Å²) in [6, 6.07) is 0.503. The minimum atomic E-state index is -0.209. The van der Waals surface area contributed by atoms with Crippen molar-refractivity contribution < 1.29 is 4.79 Å². The molecule has 0 rings (SSSR count). The lowest BCUT2D eigenvalue weighted by Gasteiger charge is -2.30. The normalized spacial score (nSPS) is 12.7. The summed E-state index contributed by atoms with van der Waals surface area (Å²) in [5.41, 5.74) is -0.209. The van der Waals surface area contributed by atoms with Crippen LogP contribution in [0.15, 0.2) is 0 Å². The first-order valence-electron chi connectivity index (χ1n) is 4.48. The average Bonchev–Trinajstić information content (AvgIpc) is 1.85. The van der Waals surface area contributed by atoms with Crippen LogP contribution < -0.4 is 0 Å². The summed E-state index contributed by atoms with van der Waals surface area (Å²) < 4.78 is 0. The maximum Gasteiger partial charge on any atom is 0.136 e. The Kier molecular flexibility index (Phi) is 3.91. The Morgan fingerprint density at radius 2 is 1.83 bits per heavy atom. The number of hydrogen-bond donors (Lipinski definition) is 0. The molecule has 72 valence electrons. The van der Waals surface area contributed by atoms with Gasteiger partial charge in [0, 0.05) is 18.0 Å². The van der Waals surface area contributed by atoms with Crippen molar-refractivity contribution in [3.05, 3.63) is 0 Å². The number of carbonyl (C=O) groups is 1. The highest BCUT2D eigenvalue weighted by Crippen LogP contribution is 2.18. The fourth-order valence-electron chi connectivity index (χ4n) is 0.917. The molecule has 0 aromatic rings. The third kappa shape index (κ3) is 3.35. The number of nitrogens with zero attached hydrogens (tertiary/aromatic N) is 1. The molecule has 0 saturated carbocycles. The van der Waals surface area contributed by atoms with Crippen LogP contribution in [0.2, 0.25) is 0 Å². The van der Waals surface area contributed by atoms with Gasteiger partial charge >= 0.3 is 0 Å². The van der Waals surface area contributed by atoms with E-state index >= 15 is 0 Å². The fourth-order valence-corrected chi connectivity index (χ4v) is 0.917. The second-order valence-corrected chi connectivity index (χ2v) is 4.45. The monoisotopic (exact) mass is 171 g/mol. The van der Waals surface area contributed by atoms with Crippen LogP contribution in [0.5, 0.6) is 0 Å². The first-order valence-corrected chi connectivity index (χ1v) is 4.48. The average molecular weight is 171 g/mol. The van der Waals surface area contributed by atoms with Crippen molar-refractivity contribution >= 4 is 5.78 Å². The Balaban J connectivity index is 4.15. The van der Waals surface area contributed by atoms with Gasteiger partial charge in [-0.3, -0.25) is 4.79 Å². The van der Waals surface area contributed by atoms with Gasteiger partial charge in [-0.15, -0.1) is 0 Å². The van der Waals surface area contributed by atoms with E-state index in [1.54, 1.807) is 6.92 Å². The molecule has 0 atom stereocenters. The van der Waals surface area contributed by atoms with Gasteiger partial charge in [-0.25, -0.2) is 0 Å². The maximum atomic E-state index is 11.2. The molecule has 0 heterocycles. The third-order valence-electron chi connectivity index (χ3n) is 2.48. The van der Waals surface area contributed by atoms with Crippen molar-refractivity contribution in [1.29, 1.82) is 0 Å². The van der Waals surface area contributed by atoms with E-state index in [-0.39, 0.29) is 11.2 Å². The van der Waals surface area contributed by atoms with E-state index in [9.17, 15) is 4.79 Å². The third-order valence-corrected chi connectivity index (χ3v) is 2.48. The number of carbonyl (C=O) groups excluding carboxylic acids is 1. The molecule has 0 aromatic carbocycles. The highest BCUT2D eigenvalue weighted by molar-refractivity contribution is 5.81. The molecule has 0 spiro atoms. The Bertz CT molecular complexity index is 161. The largest absolute Gasteiger partial charge is 0.303 e. The summed E-state index contributed by atoms with van der Waals surface area (Å²) >= 11 is 0. The van der Waals surface area contributed by atoms with Crippen LogP contribution >= 0.6 is 0 Å². The minimum Gasteiger partial charge on any atom is -0.303 e. The molecule has 0 saturated heterocycles. The second kappa shape index (κ2) is 4.04. The SMILES string of the molecule is CC(=O)C(C)(C)CN(C)C(C)C. The number of Topliss-reactive ketones (excluding diaryl/α,β-unsaturated/α-hetero) is 1. The topological polar surface area (TPSA) is 20.3 Å². The molecule has 0 aliphatic carbocycles. The van der Waals surface area contributed by atoms with Gasteiger partial charge in [-0.05, 0) is 27.8 Å². The van der Waals surface area contributed by atoms with Crippen molar-refractivity contribution in [2.24, 2.45) is 5.41 Å². The van der Waals surface area contributed by atoms with Gasteiger partial charge in [-0.1, -0.05) is 13.8 Å². The number of ketones is 1. The molecule has 0 unspecified atom stereocenters.